The highest BCUT2D eigenvalue weighted by Gasteiger charge is 2.04. The number of aromatic amines is 1. The molecule has 0 aliphatic heterocycles. The van der Waals surface area contributed by atoms with Crippen LogP contribution in [0.1, 0.15) is 12.0 Å². The van der Waals surface area contributed by atoms with Crippen LogP contribution in [0, 0.1) is 10.1 Å². The number of hydrogen-bond donors (Lipinski definition) is 2. The molecule has 0 unspecified atom stereocenters. The summed E-state index contributed by atoms with van der Waals surface area (Å²) in [6, 6.07) is 6.82. The highest BCUT2D eigenvalue weighted by Crippen LogP contribution is 2.10. The third-order valence-electron chi connectivity index (χ3n) is 2.98. The lowest BCUT2D eigenvalue weighted by Gasteiger charge is -2.03. The largest absolute Gasteiger partial charge is 0.328 e. The van der Waals surface area contributed by atoms with Gasteiger partial charge in [-0.2, -0.15) is 5.10 Å². The Labute approximate surface area is 134 Å². The summed E-state index contributed by atoms with van der Waals surface area (Å²) < 4.78 is 1.20. The summed E-state index contributed by atoms with van der Waals surface area (Å²) in [5, 5.41) is 14.2. The van der Waals surface area contributed by atoms with Crippen LogP contribution in [0.15, 0.2) is 51.2 Å². The highest BCUT2D eigenvalue weighted by molar-refractivity contribution is 5.82. The number of amides is 1. The third kappa shape index (κ3) is 4.73. The van der Waals surface area contributed by atoms with Crippen molar-refractivity contribution in [3.63, 3.8) is 0 Å². The number of hydrazone groups is 1. The van der Waals surface area contributed by atoms with Crippen molar-refractivity contribution in [1.29, 1.82) is 0 Å². The van der Waals surface area contributed by atoms with Crippen LogP contribution in [-0.2, 0) is 11.3 Å². The molecule has 0 aliphatic rings. The molecule has 1 amide bonds. The number of nitrogens with zero attached hydrogens (tertiary/aromatic N) is 3. The summed E-state index contributed by atoms with van der Waals surface area (Å²) in [6.45, 7) is 0.0918. The van der Waals surface area contributed by atoms with Gasteiger partial charge in [0.25, 0.3) is 11.2 Å². The molecule has 124 valence electrons. The molecule has 0 aliphatic carbocycles. The van der Waals surface area contributed by atoms with E-state index in [1.165, 1.54) is 47.3 Å². The minimum atomic E-state index is -0.593. The van der Waals surface area contributed by atoms with Crippen molar-refractivity contribution in [2.45, 2.75) is 13.0 Å². The number of nitrogens with one attached hydrogen (secondary N) is 2. The lowest BCUT2D eigenvalue weighted by Crippen LogP contribution is -2.30. The van der Waals surface area contributed by atoms with Crippen LogP contribution in [0.2, 0.25) is 0 Å². The normalized spacial score (nSPS) is 10.7. The zero-order chi connectivity index (χ0) is 17.5. The second-order valence-electron chi connectivity index (χ2n) is 4.70. The topological polar surface area (TPSA) is 139 Å². The number of aromatic nitrogens is 2. The maximum absolute atomic E-state index is 11.6. The monoisotopic (exact) mass is 331 g/mol. The lowest BCUT2D eigenvalue weighted by atomic mass is 10.2. The second-order valence-corrected chi connectivity index (χ2v) is 4.70. The van der Waals surface area contributed by atoms with Gasteiger partial charge in [-0.15, -0.1) is 0 Å². The van der Waals surface area contributed by atoms with Gasteiger partial charge in [0.15, 0.2) is 0 Å². The molecule has 10 heteroatoms. The first-order chi connectivity index (χ1) is 11.5. The molecule has 1 heterocycles. The fraction of sp³-hybridized carbons (Fsp3) is 0.143. The average Bonchev–Trinajstić information content (AvgIpc) is 2.54. The smallest absolute Gasteiger partial charge is 0.300 e. The molecule has 2 N–H and O–H groups in total. The van der Waals surface area contributed by atoms with Gasteiger partial charge in [0.05, 0.1) is 11.1 Å². The van der Waals surface area contributed by atoms with Crippen LogP contribution in [0.4, 0.5) is 5.69 Å². The Hall–Kier alpha value is -3.56. The van der Waals surface area contributed by atoms with Gasteiger partial charge in [0.1, 0.15) is 0 Å². The quantitative estimate of drug-likeness (QED) is 0.435. The molecule has 24 heavy (non-hydrogen) atoms. The number of benzene rings is 1. The molecule has 0 atom stereocenters. The van der Waals surface area contributed by atoms with Crippen molar-refractivity contribution >= 4 is 17.8 Å². The second kappa shape index (κ2) is 7.63. The van der Waals surface area contributed by atoms with E-state index in [2.05, 4.69) is 15.5 Å². The van der Waals surface area contributed by atoms with E-state index in [-0.39, 0.29) is 18.7 Å². The van der Waals surface area contributed by atoms with Crippen molar-refractivity contribution in [1.82, 2.24) is 15.0 Å². The van der Waals surface area contributed by atoms with Crippen LogP contribution < -0.4 is 16.7 Å². The van der Waals surface area contributed by atoms with Crippen molar-refractivity contribution in [3.05, 3.63) is 73.0 Å². The Morgan fingerprint density at radius 3 is 2.62 bits per heavy atom. The van der Waals surface area contributed by atoms with Gasteiger partial charge in [-0.25, -0.2) is 10.2 Å². The first kappa shape index (κ1) is 16.8. The molecule has 0 radical (unpaired) electrons. The maximum atomic E-state index is 11.6. The maximum Gasteiger partial charge on any atom is 0.328 e. The Bertz CT molecular complexity index is 881. The van der Waals surface area contributed by atoms with Gasteiger partial charge in [-0.3, -0.25) is 24.7 Å². The van der Waals surface area contributed by atoms with E-state index >= 15 is 0 Å². The van der Waals surface area contributed by atoms with Gasteiger partial charge in [-0.05, 0) is 17.7 Å². The molecule has 0 saturated carbocycles. The standard InChI is InChI=1S/C14H13N5O5/c20-12-5-7-18(14(22)16-12)8-6-13(21)17-15-9-10-1-3-11(4-2-10)19(23)24/h1-5,7,9H,6,8H2,(H,17,21)(H,16,20,22)/b15-9+. The average molecular weight is 331 g/mol. The van der Waals surface area contributed by atoms with Crippen molar-refractivity contribution < 1.29 is 9.72 Å². The lowest BCUT2D eigenvalue weighted by molar-refractivity contribution is -0.384. The Morgan fingerprint density at radius 1 is 1.29 bits per heavy atom. The summed E-state index contributed by atoms with van der Waals surface area (Å²) >= 11 is 0. The molecule has 10 nitrogen and oxygen atoms in total. The van der Waals surface area contributed by atoms with E-state index < -0.39 is 22.1 Å². The SMILES string of the molecule is O=C(CCn1ccc(=O)[nH]c1=O)N/N=C/c1ccc([N+](=O)[O-])cc1. The first-order valence-electron chi connectivity index (χ1n) is 6.82. The van der Waals surface area contributed by atoms with E-state index in [1.807, 2.05) is 0 Å². The summed E-state index contributed by atoms with van der Waals surface area (Å²) in [4.78, 5) is 46.1. The molecule has 1 aromatic heterocycles. The third-order valence-corrected chi connectivity index (χ3v) is 2.98. The van der Waals surface area contributed by atoms with Crippen LogP contribution in [0.5, 0.6) is 0 Å². The van der Waals surface area contributed by atoms with E-state index in [0.717, 1.165) is 0 Å². The molecule has 0 spiro atoms. The first-order valence-corrected chi connectivity index (χ1v) is 6.82. The molecular weight excluding hydrogens is 318 g/mol. The Kier molecular flexibility index (Phi) is 5.34. The summed E-state index contributed by atoms with van der Waals surface area (Å²) in [6.07, 6.45) is 2.63. The highest BCUT2D eigenvalue weighted by atomic mass is 16.6. The van der Waals surface area contributed by atoms with E-state index in [0.29, 0.717) is 5.56 Å². The van der Waals surface area contributed by atoms with Crippen LogP contribution in [0.3, 0.4) is 0 Å². The number of non-ortho nitro benzene ring substituents is 1. The minimum absolute atomic E-state index is 0.0104. The fourth-order valence-electron chi connectivity index (χ4n) is 1.76. The van der Waals surface area contributed by atoms with Gasteiger partial charge < -0.3 is 4.57 Å². The Morgan fingerprint density at radius 2 is 2.00 bits per heavy atom. The number of aryl methyl sites for hydroxylation is 1. The molecule has 0 fully saturated rings. The summed E-state index contributed by atoms with van der Waals surface area (Å²) in [5.74, 6) is -0.425. The van der Waals surface area contributed by atoms with Gasteiger partial charge in [-0.1, -0.05) is 0 Å². The van der Waals surface area contributed by atoms with Crippen molar-refractivity contribution in [2.24, 2.45) is 5.10 Å². The summed E-state index contributed by atoms with van der Waals surface area (Å²) in [5.41, 5.74) is 1.72. The Balaban J connectivity index is 1.85. The van der Waals surface area contributed by atoms with E-state index in [1.54, 1.807) is 0 Å². The predicted molar refractivity (Wildman–Crippen MR) is 84.8 cm³/mol. The predicted octanol–water partition coefficient (Wildman–Crippen LogP) is -0.0148. The van der Waals surface area contributed by atoms with Gasteiger partial charge >= 0.3 is 5.69 Å². The molecule has 2 aromatic rings. The molecule has 2 rings (SSSR count). The molecule has 0 saturated heterocycles. The number of nitro groups is 1. The summed E-state index contributed by atoms with van der Waals surface area (Å²) in [7, 11) is 0. The van der Waals surface area contributed by atoms with Gasteiger partial charge in [0.2, 0.25) is 5.91 Å². The van der Waals surface area contributed by atoms with Crippen LogP contribution in [0.25, 0.3) is 0 Å². The van der Waals surface area contributed by atoms with E-state index in [4.69, 9.17) is 0 Å². The molecule has 0 bridgehead atoms. The number of carbonyl (C=O) groups is 1. The van der Waals surface area contributed by atoms with Crippen molar-refractivity contribution in [2.75, 3.05) is 0 Å². The molecule has 1 aromatic carbocycles. The number of H-pyrrole nitrogens is 1. The fourth-order valence-corrected chi connectivity index (χ4v) is 1.76. The van der Waals surface area contributed by atoms with Crippen LogP contribution in [-0.4, -0.2) is 26.6 Å². The van der Waals surface area contributed by atoms with E-state index in [9.17, 15) is 24.5 Å². The van der Waals surface area contributed by atoms with Gasteiger partial charge in [0, 0.05) is 37.4 Å². The number of hydrogen-bond acceptors (Lipinski definition) is 6. The van der Waals surface area contributed by atoms with Crippen molar-refractivity contribution in [3.8, 4) is 0 Å². The number of carbonyl (C=O) groups excluding carboxylic acids is 1. The molecular formula is C14H13N5O5. The number of nitro benzene ring substituents is 1. The zero-order valence-corrected chi connectivity index (χ0v) is 12.3. The zero-order valence-electron chi connectivity index (χ0n) is 12.3. The number of rotatable bonds is 6. The minimum Gasteiger partial charge on any atom is -0.300 e. The van der Waals surface area contributed by atoms with Crippen LogP contribution >= 0.6 is 0 Å².